The number of aromatic nitrogens is 2. The van der Waals surface area contributed by atoms with Crippen LogP contribution >= 0.6 is 23.1 Å². The van der Waals surface area contributed by atoms with Crippen molar-refractivity contribution in [3.8, 4) is 0 Å². The van der Waals surface area contributed by atoms with Crippen molar-refractivity contribution in [1.82, 2.24) is 10.2 Å². The molecule has 0 saturated carbocycles. The van der Waals surface area contributed by atoms with E-state index in [1.54, 1.807) is 11.8 Å². The Bertz CT molecular complexity index is 896. The smallest absolute Gasteiger partial charge is 0.257 e. The van der Waals surface area contributed by atoms with Crippen molar-refractivity contribution < 1.29 is 9.53 Å². The molecule has 0 spiro atoms. The summed E-state index contributed by atoms with van der Waals surface area (Å²) in [6.45, 7) is 1.19. The SMILES string of the molecule is O=C(Nc1nnc(SCc2ccccc2)s1)c1ccc2c(c1)COC2. The number of ether oxygens (including phenoxy) is 1. The van der Waals surface area contributed by atoms with Crippen molar-refractivity contribution in [2.45, 2.75) is 23.3 Å². The van der Waals surface area contributed by atoms with E-state index in [2.05, 4.69) is 27.6 Å². The van der Waals surface area contributed by atoms with Crippen molar-refractivity contribution in [3.05, 3.63) is 70.8 Å². The van der Waals surface area contributed by atoms with E-state index in [1.165, 1.54) is 16.9 Å². The molecule has 1 amide bonds. The van der Waals surface area contributed by atoms with Gasteiger partial charge >= 0.3 is 0 Å². The molecule has 3 aromatic rings. The second kappa shape index (κ2) is 7.35. The van der Waals surface area contributed by atoms with Crippen LogP contribution in [0.4, 0.5) is 5.13 Å². The van der Waals surface area contributed by atoms with Crippen molar-refractivity contribution in [2.75, 3.05) is 5.32 Å². The Hall–Kier alpha value is -2.22. The minimum atomic E-state index is -0.176. The predicted molar refractivity (Wildman–Crippen MR) is 98.8 cm³/mol. The lowest BCUT2D eigenvalue weighted by Gasteiger charge is -2.03. The van der Waals surface area contributed by atoms with Gasteiger partial charge in [0.25, 0.3) is 5.91 Å². The number of hydrogen-bond acceptors (Lipinski definition) is 6. The molecule has 2 aromatic carbocycles. The van der Waals surface area contributed by atoms with Gasteiger partial charge in [-0.25, -0.2) is 0 Å². The maximum atomic E-state index is 12.4. The number of hydrogen-bond donors (Lipinski definition) is 1. The van der Waals surface area contributed by atoms with Crippen LogP contribution in [0.25, 0.3) is 0 Å². The van der Waals surface area contributed by atoms with Gasteiger partial charge < -0.3 is 4.74 Å². The standard InChI is InChI=1S/C18H15N3O2S2/c22-16(13-6-7-14-9-23-10-15(14)8-13)19-17-20-21-18(25-17)24-11-12-4-2-1-3-5-12/h1-8H,9-11H2,(H,19,20,22). The number of thioether (sulfide) groups is 1. The van der Waals surface area contributed by atoms with Gasteiger partial charge in [0.05, 0.1) is 13.2 Å². The average Bonchev–Trinajstić information content (AvgIpc) is 3.29. The molecule has 5 nitrogen and oxygen atoms in total. The van der Waals surface area contributed by atoms with Crippen LogP contribution in [-0.4, -0.2) is 16.1 Å². The summed E-state index contributed by atoms with van der Waals surface area (Å²) < 4.78 is 6.21. The lowest BCUT2D eigenvalue weighted by molar-refractivity contribution is 0.102. The van der Waals surface area contributed by atoms with Crippen LogP contribution in [0.15, 0.2) is 52.9 Å². The highest BCUT2D eigenvalue weighted by atomic mass is 32.2. The first-order valence-corrected chi connectivity index (χ1v) is 9.59. The Kier molecular flexibility index (Phi) is 4.78. The molecule has 0 fully saturated rings. The van der Waals surface area contributed by atoms with E-state index in [-0.39, 0.29) is 5.91 Å². The van der Waals surface area contributed by atoms with E-state index < -0.39 is 0 Å². The fraction of sp³-hybridized carbons (Fsp3) is 0.167. The van der Waals surface area contributed by atoms with Gasteiger partial charge in [-0.3, -0.25) is 10.1 Å². The number of nitrogens with zero attached hydrogens (tertiary/aromatic N) is 2. The molecule has 0 atom stereocenters. The summed E-state index contributed by atoms with van der Waals surface area (Å²) in [5.74, 6) is 0.652. The molecule has 2 heterocycles. The summed E-state index contributed by atoms with van der Waals surface area (Å²) in [5, 5.41) is 11.5. The molecule has 1 N–H and O–H groups in total. The van der Waals surface area contributed by atoms with E-state index in [0.29, 0.717) is 23.9 Å². The highest BCUT2D eigenvalue weighted by Crippen LogP contribution is 2.28. The van der Waals surface area contributed by atoms with Crippen LogP contribution < -0.4 is 5.32 Å². The summed E-state index contributed by atoms with van der Waals surface area (Å²) in [5.41, 5.74) is 4.06. The zero-order chi connectivity index (χ0) is 17.1. The number of carbonyl (C=O) groups is 1. The minimum Gasteiger partial charge on any atom is -0.372 e. The molecule has 1 aliphatic heterocycles. The first-order chi connectivity index (χ1) is 12.3. The zero-order valence-corrected chi connectivity index (χ0v) is 14.9. The summed E-state index contributed by atoms with van der Waals surface area (Å²) >= 11 is 3.00. The van der Waals surface area contributed by atoms with Gasteiger partial charge in [0.1, 0.15) is 0 Å². The van der Waals surface area contributed by atoms with E-state index in [1.807, 2.05) is 36.4 Å². The number of nitrogens with one attached hydrogen (secondary N) is 1. The van der Waals surface area contributed by atoms with Crippen LogP contribution in [0, 0.1) is 0 Å². The van der Waals surface area contributed by atoms with E-state index in [0.717, 1.165) is 21.2 Å². The molecular formula is C18H15N3O2S2. The molecule has 126 valence electrons. The van der Waals surface area contributed by atoms with Crippen LogP contribution in [0.5, 0.6) is 0 Å². The first-order valence-electron chi connectivity index (χ1n) is 7.79. The van der Waals surface area contributed by atoms with Crippen molar-refractivity contribution in [3.63, 3.8) is 0 Å². The molecule has 0 radical (unpaired) electrons. The van der Waals surface area contributed by atoms with Crippen LogP contribution in [0.3, 0.4) is 0 Å². The van der Waals surface area contributed by atoms with Crippen LogP contribution in [-0.2, 0) is 23.7 Å². The highest BCUT2D eigenvalue weighted by Gasteiger charge is 2.15. The Morgan fingerprint density at radius 1 is 1.12 bits per heavy atom. The molecule has 4 rings (SSSR count). The molecule has 25 heavy (non-hydrogen) atoms. The fourth-order valence-corrected chi connectivity index (χ4v) is 4.22. The summed E-state index contributed by atoms with van der Waals surface area (Å²) in [6.07, 6.45) is 0. The zero-order valence-electron chi connectivity index (χ0n) is 13.3. The van der Waals surface area contributed by atoms with Gasteiger partial charge in [0.2, 0.25) is 5.13 Å². The Morgan fingerprint density at radius 2 is 1.96 bits per heavy atom. The van der Waals surface area contributed by atoms with Gasteiger partial charge in [-0.2, -0.15) is 0 Å². The molecule has 1 aliphatic rings. The predicted octanol–water partition coefficient (Wildman–Crippen LogP) is 4.11. The van der Waals surface area contributed by atoms with Crippen molar-refractivity contribution >= 4 is 34.1 Å². The summed E-state index contributed by atoms with van der Waals surface area (Å²) in [7, 11) is 0. The first kappa shape index (κ1) is 16.3. The Morgan fingerprint density at radius 3 is 2.84 bits per heavy atom. The minimum absolute atomic E-state index is 0.176. The molecule has 0 bridgehead atoms. The Balaban J connectivity index is 1.38. The molecule has 0 saturated heterocycles. The highest BCUT2D eigenvalue weighted by molar-refractivity contribution is 8.00. The number of amides is 1. The monoisotopic (exact) mass is 369 g/mol. The van der Waals surface area contributed by atoms with Crippen LogP contribution in [0.2, 0.25) is 0 Å². The third kappa shape index (κ3) is 3.89. The number of anilines is 1. The summed E-state index contributed by atoms with van der Waals surface area (Å²) in [4.78, 5) is 12.4. The quantitative estimate of drug-likeness (QED) is 0.541. The maximum absolute atomic E-state index is 12.4. The van der Waals surface area contributed by atoms with Gasteiger partial charge in [-0.1, -0.05) is 59.5 Å². The van der Waals surface area contributed by atoms with E-state index in [9.17, 15) is 4.79 Å². The second-order valence-corrected chi connectivity index (χ2v) is 7.78. The third-order valence-electron chi connectivity index (χ3n) is 3.82. The van der Waals surface area contributed by atoms with Gasteiger partial charge in [0, 0.05) is 11.3 Å². The number of carbonyl (C=O) groups excluding carboxylic acids is 1. The summed E-state index contributed by atoms with van der Waals surface area (Å²) in [6, 6.07) is 15.8. The lowest BCUT2D eigenvalue weighted by Crippen LogP contribution is -2.12. The van der Waals surface area contributed by atoms with Gasteiger partial charge in [-0.05, 0) is 28.8 Å². The molecule has 7 heteroatoms. The normalized spacial score (nSPS) is 12.8. The van der Waals surface area contributed by atoms with Crippen molar-refractivity contribution in [2.24, 2.45) is 0 Å². The van der Waals surface area contributed by atoms with E-state index in [4.69, 9.17) is 4.74 Å². The molecular weight excluding hydrogens is 354 g/mol. The number of rotatable bonds is 5. The fourth-order valence-electron chi connectivity index (χ4n) is 2.52. The van der Waals surface area contributed by atoms with Crippen molar-refractivity contribution in [1.29, 1.82) is 0 Å². The van der Waals surface area contributed by atoms with Gasteiger partial charge in [0.15, 0.2) is 4.34 Å². The number of benzene rings is 2. The largest absolute Gasteiger partial charge is 0.372 e. The van der Waals surface area contributed by atoms with Gasteiger partial charge in [-0.15, -0.1) is 10.2 Å². The maximum Gasteiger partial charge on any atom is 0.257 e. The second-order valence-electron chi connectivity index (χ2n) is 5.58. The third-order valence-corrected chi connectivity index (χ3v) is 5.86. The molecule has 0 unspecified atom stereocenters. The average molecular weight is 369 g/mol. The Labute approximate surface area is 153 Å². The van der Waals surface area contributed by atoms with E-state index >= 15 is 0 Å². The molecule has 0 aliphatic carbocycles. The topological polar surface area (TPSA) is 64.1 Å². The number of fused-ring (bicyclic) bond motifs is 1. The van der Waals surface area contributed by atoms with Crippen LogP contribution in [0.1, 0.15) is 27.0 Å². The lowest BCUT2D eigenvalue weighted by atomic mass is 10.1. The molecule has 1 aromatic heterocycles.